The molecule has 0 heterocycles. The highest BCUT2D eigenvalue weighted by atomic mass is 32.2. The third kappa shape index (κ3) is 3.59. The van der Waals surface area contributed by atoms with Gasteiger partial charge in [-0.25, -0.2) is 4.79 Å². The van der Waals surface area contributed by atoms with E-state index in [4.69, 9.17) is 0 Å². The predicted molar refractivity (Wildman–Crippen MR) is 63.6 cm³/mol. The van der Waals surface area contributed by atoms with Gasteiger partial charge in [0.15, 0.2) is 0 Å². The summed E-state index contributed by atoms with van der Waals surface area (Å²) in [6.45, 7) is 0. The average Bonchev–Trinajstić information content (AvgIpc) is 2.28. The van der Waals surface area contributed by atoms with Crippen molar-refractivity contribution >= 4 is 23.4 Å². The molecule has 1 rings (SSSR count). The second-order valence-electron chi connectivity index (χ2n) is 3.50. The Hall–Kier alpha value is -1.30. The summed E-state index contributed by atoms with van der Waals surface area (Å²) in [5.74, 6) is -1.54. The lowest BCUT2D eigenvalue weighted by atomic mass is 10.3. The molecule has 0 saturated heterocycles. The second-order valence-corrected chi connectivity index (χ2v) is 4.69. The van der Waals surface area contributed by atoms with Crippen molar-refractivity contribution in [3.05, 3.63) is 24.3 Å². The topological polar surface area (TPSA) is 29.5 Å². The minimum Gasteiger partial charge on any atom is -0.464 e. The van der Waals surface area contributed by atoms with E-state index in [0.717, 1.165) is 12.8 Å². The zero-order chi connectivity index (χ0) is 13.1. The molecule has 6 heteroatoms. The second kappa shape index (κ2) is 5.35. The molecule has 3 nitrogen and oxygen atoms in total. The van der Waals surface area contributed by atoms with Crippen LogP contribution < -0.4 is 4.90 Å². The Bertz CT molecular complexity index is 393. The Kier molecular flexibility index (Phi) is 4.34. The van der Waals surface area contributed by atoms with E-state index >= 15 is 0 Å². The molecular weight excluding hydrogens is 248 g/mol. The van der Waals surface area contributed by atoms with Crippen molar-refractivity contribution in [1.29, 1.82) is 0 Å². The van der Waals surface area contributed by atoms with Crippen LogP contribution in [0.5, 0.6) is 0 Å². The zero-order valence-corrected chi connectivity index (χ0v) is 10.6. The van der Waals surface area contributed by atoms with Gasteiger partial charge in [0.1, 0.15) is 0 Å². The first-order valence-electron chi connectivity index (χ1n) is 4.79. The van der Waals surface area contributed by atoms with Crippen LogP contribution in [-0.2, 0) is 9.53 Å². The maximum Gasteiger partial charge on any atom is 0.393 e. The van der Waals surface area contributed by atoms with Gasteiger partial charge >= 0.3 is 11.2 Å². The molecule has 1 aromatic carbocycles. The van der Waals surface area contributed by atoms with E-state index in [0.29, 0.717) is 4.90 Å². The first kappa shape index (κ1) is 13.8. The maximum absolute atomic E-state index is 13.2. The van der Waals surface area contributed by atoms with Gasteiger partial charge in [0.25, 0.3) is 0 Å². The van der Waals surface area contributed by atoms with Crippen molar-refractivity contribution in [2.75, 3.05) is 26.1 Å². The number of nitrogens with zero attached hydrogens (tertiary/aromatic N) is 1. The van der Waals surface area contributed by atoms with Gasteiger partial charge in [-0.05, 0) is 36.0 Å². The molecule has 0 saturated carbocycles. The molecule has 1 aromatic rings. The highest BCUT2D eigenvalue weighted by molar-refractivity contribution is 8.01. The van der Waals surface area contributed by atoms with Gasteiger partial charge in [-0.3, -0.25) is 0 Å². The van der Waals surface area contributed by atoms with Gasteiger partial charge in [0.2, 0.25) is 0 Å². The lowest BCUT2D eigenvalue weighted by Gasteiger charge is -2.15. The van der Waals surface area contributed by atoms with Crippen LogP contribution in [-0.4, -0.2) is 32.4 Å². The van der Waals surface area contributed by atoms with Gasteiger partial charge in [0, 0.05) is 24.7 Å². The van der Waals surface area contributed by atoms with Crippen molar-refractivity contribution in [3.8, 4) is 0 Å². The number of benzene rings is 1. The summed E-state index contributed by atoms with van der Waals surface area (Å²) in [6, 6.07) is 6.49. The molecule has 17 heavy (non-hydrogen) atoms. The smallest absolute Gasteiger partial charge is 0.393 e. The molecule has 0 amide bonds. The normalized spacial score (nSPS) is 11.1. The average molecular weight is 261 g/mol. The number of halogens is 2. The van der Waals surface area contributed by atoms with Crippen LogP contribution in [0.25, 0.3) is 0 Å². The van der Waals surface area contributed by atoms with Crippen LogP contribution in [0.2, 0.25) is 0 Å². The Morgan fingerprint density at radius 2 is 1.82 bits per heavy atom. The van der Waals surface area contributed by atoms with Crippen molar-refractivity contribution in [1.82, 2.24) is 0 Å². The van der Waals surface area contributed by atoms with Crippen LogP contribution in [0.4, 0.5) is 14.5 Å². The number of carbonyl (C=O) groups excluding carboxylic acids is 1. The molecule has 0 spiro atoms. The molecule has 0 aliphatic carbocycles. The van der Waals surface area contributed by atoms with Crippen molar-refractivity contribution < 1.29 is 18.3 Å². The lowest BCUT2D eigenvalue weighted by Crippen LogP contribution is -2.25. The molecule has 0 radical (unpaired) electrons. The monoisotopic (exact) mass is 261 g/mol. The minimum atomic E-state index is -3.56. The van der Waals surface area contributed by atoms with E-state index in [9.17, 15) is 13.6 Å². The van der Waals surface area contributed by atoms with Crippen LogP contribution in [0.3, 0.4) is 0 Å². The van der Waals surface area contributed by atoms with E-state index < -0.39 is 11.2 Å². The van der Waals surface area contributed by atoms with E-state index in [1.165, 1.54) is 12.1 Å². The first-order valence-corrected chi connectivity index (χ1v) is 5.61. The Balaban J connectivity index is 2.79. The molecule has 0 unspecified atom stereocenters. The summed E-state index contributed by atoms with van der Waals surface area (Å²) in [4.78, 5) is 13.0. The summed E-state index contributed by atoms with van der Waals surface area (Å²) in [7, 11) is 4.64. The van der Waals surface area contributed by atoms with Gasteiger partial charge in [-0.15, -0.1) is 0 Å². The van der Waals surface area contributed by atoms with E-state index in [-0.39, 0.29) is 11.8 Å². The molecule has 0 aromatic heterocycles. The number of esters is 1. The molecule has 0 N–H and O–H groups in total. The van der Waals surface area contributed by atoms with Crippen molar-refractivity contribution in [2.24, 2.45) is 0 Å². The van der Waals surface area contributed by atoms with Gasteiger partial charge in [-0.1, -0.05) is 0 Å². The van der Waals surface area contributed by atoms with Crippen LogP contribution >= 0.6 is 11.8 Å². The fourth-order valence-electron chi connectivity index (χ4n) is 1.12. The number of carbonyl (C=O) groups is 1. The van der Waals surface area contributed by atoms with E-state index in [1.54, 1.807) is 12.1 Å². The van der Waals surface area contributed by atoms with Crippen molar-refractivity contribution in [2.45, 2.75) is 10.2 Å². The Labute approximate surface area is 103 Å². The van der Waals surface area contributed by atoms with E-state index in [1.807, 2.05) is 19.0 Å². The van der Waals surface area contributed by atoms with Crippen LogP contribution in [0.15, 0.2) is 29.2 Å². The van der Waals surface area contributed by atoms with Gasteiger partial charge < -0.3 is 9.64 Å². The lowest BCUT2D eigenvalue weighted by molar-refractivity contribution is -0.156. The molecule has 0 atom stereocenters. The van der Waals surface area contributed by atoms with Crippen molar-refractivity contribution in [3.63, 3.8) is 0 Å². The molecule has 94 valence electrons. The highest BCUT2D eigenvalue weighted by Crippen LogP contribution is 2.37. The molecule has 0 aliphatic rings. The molecule has 0 bridgehead atoms. The number of hydrogen-bond acceptors (Lipinski definition) is 4. The Morgan fingerprint density at radius 1 is 1.29 bits per heavy atom. The number of thioether (sulfide) groups is 1. The Morgan fingerprint density at radius 3 is 2.24 bits per heavy atom. The largest absolute Gasteiger partial charge is 0.464 e. The summed E-state index contributed by atoms with van der Waals surface area (Å²) in [5, 5.41) is -3.56. The van der Waals surface area contributed by atoms with Crippen LogP contribution in [0.1, 0.15) is 0 Å². The first-order chi connectivity index (χ1) is 7.86. The molecule has 0 aliphatic heterocycles. The third-order valence-electron chi connectivity index (χ3n) is 2.02. The standard InChI is InChI=1S/C11H13F2NO2S/c1-14(2)8-4-6-9(7-5-8)17-11(12,13)10(15)16-3/h4-7H,1-3H3. The summed E-state index contributed by atoms with van der Waals surface area (Å²) in [6.07, 6.45) is 0. The fourth-order valence-corrected chi connectivity index (χ4v) is 1.86. The summed E-state index contributed by atoms with van der Waals surface area (Å²) >= 11 is 0.173. The van der Waals surface area contributed by atoms with Gasteiger partial charge in [0.05, 0.1) is 7.11 Å². The maximum atomic E-state index is 13.2. The minimum absolute atomic E-state index is 0.173. The number of anilines is 1. The van der Waals surface area contributed by atoms with Gasteiger partial charge in [-0.2, -0.15) is 8.78 Å². The summed E-state index contributed by atoms with van der Waals surface area (Å²) < 4.78 is 30.5. The number of hydrogen-bond donors (Lipinski definition) is 0. The fraction of sp³-hybridized carbons (Fsp3) is 0.364. The highest BCUT2D eigenvalue weighted by Gasteiger charge is 2.41. The molecular formula is C11H13F2NO2S. The zero-order valence-electron chi connectivity index (χ0n) is 9.74. The third-order valence-corrected chi connectivity index (χ3v) is 2.95. The number of ether oxygens (including phenoxy) is 1. The number of alkyl halides is 2. The predicted octanol–water partition coefficient (Wildman–Crippen LogP) is 2.61. The SMILES string of the molecule is COC(=O)C(F)(F)Sc1ccc(N(C)C)cc1. The molecule has 0 fully saturated rings. The quantitative estimate of drug-likeness (QED) is 0.615. The summed E-state index contributed by atoms with van der Waals surface area (Å²) in [5.41, 5.74) is 0.899. The van der Waals surface area contributed by atoms with Crippen LogP contribution in [0, 0.1) is 0 Å². The number of rotatable bonds is 4. The number of methoxy groups -OCH3 is 1. The van der Waals surface area contributed by atoms with E-state index in [2.05, 4.69) is 4.74 Å².